The lowest BCUT2D eigenvalue weighted by Crippen LogP contribution is -2.40. The standard InChI is InChI=1S/C28H32N2O5/c1-17-14-30(15-24(17)27(32)33)26(31)19-12-6-7-18(19)13-29-28(34)35-16-25-22-10-4-2-8-20(22)21-9-3-5-11-23(21)25/h2-5,8-11,17-19,24-25H,6-7,12-16H2,1H3,(H,29,34)(H,32,33)/t17-,18+,19+,24-/m1/s1. The van der Waals surface area contributed by atoms with Crippen molar-refractivity contribution in [1.82, 2.24) is 10.2 Å². The third kappa shape index (κ3) is 4.51. The van der Waals surface area contributed by atoms with Crippen molar-refractivity contribution >= 4 is 18.0 Å². The molecule has 0 radical (unpaired) electrons. The van der Waals surface area contributed by atoms with E-state index in [4.69, 9.17) is 4.74 Å². The van der Waals surface area contributed by atoms with Crippen LogP contribution >= 0.6 is 0 Å². The van der Waals surface area contributed by atoms with E-state index >= 15 is 0 Å². The van der Waals surface area contributed by atoms with Crippen LogP contribution in [0.2, 0.25) is 0 Å². The first-order chi connectivity index (χ1) is 16.9. The number of rotatable bonds is 6. The molecule has 0 aromatic heterocycles. The van der Waals surface area contributed by atoms with Gasteiger partial charge in [-0.15, -0.1) is 0 Å². The number of ether oxygens (including phenoxy) is 1. The average molecular weight is 477 g/mol. The summed E-state index contributed by atoms with van der Waals surface area (Å²) >= 11 is 0. The zero-order chi connectivity index (χ0) is 24.5. The number of fused-ring (bicyclic) bond motifs is 3. The van der Waals surface area contributed by atoms with Gasteiger partial charge in [-0.3, -0.25) is 9.59 Å². The summed E-state index contributed by atoms with van der Waals surface area (Å²) in [6.45, 7) is 3.29. The van der Waals surface area contributed by atoms with Crippen LogP contribution in [0.3, 0.4) is 0 Å². The summed E-state index contributed by atoms with van der Waals surface area (Å²) in [6.07, 6.45) is 2.11. The topological polar surface area (TPSA) is 95.9 Å². The number of amides is 2. The Morgan fingerprint density at radius 2 is 1.63 bits per heavy atom. The Hall–Kier alpha value is -3.35. The number of nitrogens with zero attached hydrogens (tertiary/aromatic N) is 1. The molecule has 1 saturated carbocycles. The second-order valence-electron chi connectivity index (χ2n) is 10.2. The van der Waals surface area contributed by atoms with Crippen LogP contribution in [0.4, 0.5) is 4.79 Å². The maximum absolute atomic E-state index is 13.1. The van der Waals surface area contributed by atoms with Gasteiger partial charge in [-0.25, -0.2) is 4.79 Å². The molecule has 2 N–H and O–H groups in total. The number of aliphatic carboxylic acids is 1. The highest BCUT2D eigenvalue weighted by Gasteiger charge is 2.42. The van der Waals surface area contributed by atoms with E-state index in [9.17, 15) is 19.5 Å². The second kappa shape index (κ2) is 9.72. The first-order valence-electron chi connectivity index (χ1n) is 12.5. The molecule has 0 unspecified atom stereocenters. The smallest absolute Gasteiger partial charge is 0.407 e. The molecule has 184 valence electrons. The molecule has 2 aromatic rings. The minimum Gasteiger partial charge on any atom is -0.481 e. The molecule has 1 aliphatic heterocycles. The van der Waals surface area contributed by atoms with Gasteiger partial charge in [0.25, 0.3) is 0 Å². The van der Waals surface area contributed by atoms with Gasteiger partial charge in [0.05, 0.1) is 5.92 Å². The van der Waals surface area contributed by atoms with E-state index in [1.807, 2.05) is 31.2 Å². The number of hydrogen-bond acceptors (Lipinski definition) is 4. The highest BCUT2D eigenvalue weighted by atomic mass is 16.5. The molecule has 7 nitrogen and oxygen atoms in total. The first-order valence-corrected chi connectivity index (χ1v) is 12.5. The van der Waals surface area contributed by atoms with Gasteiger partial charge in [-0.05, 0) is 46.9 Å². The van der Waals surface area contributed by atoms with Crippen LogP contribution in [0.25, 0.3) is 11.1 Å². The third-order valence-corrected chi connectivity index (χ3v) is 8.07. The molecule has 7 heteroatoms. The summed E-state index contributed by atoms with van der Waals surface area (Å²) in [5.41, 5.74) is 4.71. The summed E-state index contributed by atoms with van der Waals surface area (Å²) in [5, 5.41) is 12.3. The highest BCUT2D eigenvalue weighted by Crippen LogP contribution is 2.44. The Bertz CT molecular complexity index is 1090. The van der Waals surface area contributed by atoms with E-state index in [1.165, 1.54) is 22.3 Å². The number of alkyl carbamates (subject to hydrolysis) is 1. The summed E-state index contributed by atoms with van der Waals surface area (Å²) in [6, 6.07) is 16.4. The van der Waals surface area contributed by atoms with E-state index in [1.54, 1.807) is 4.90 Å². The summed E-state index contributed by atoms with van der Waals surface area (Å²) < 4.78 is 5.64. The minimum absolute atomic E-state index is 0.00768. The molecular weight excluding hydrogens is 444 g/mol. The third-order valence-electron chi connectivity index (χ3n) is 8.07. The highest BCUT2D eigenvalue weighted by molar-refractivity contribution is 5.82. The molecule has 0 spiro atoms. The lowest BCUT2D eigenvalue weighted by atomic mass is 9.94. The van der Waals surface area contributed by atoms with Crippen LogP contribution in [0.1, 0.15) is 43.2 Å². The van der Waals surface area contributed by atoms with Crippen molar-refractivity contribution in [3.8, 4) is 11.1 Å². The van der Waals surface area contributed by atoms with Gasteiger partial charge in [0, 0.05) is 31.5 Å². The van der Waals surface area contributed by atoms with E-state index in [0.717, 1.165) is 19.3 Å². The number of benzene rings is 2. The Balaban J connectivity index is 1.15. The average Bonchev–Trinajstić information content (AvgIpc) is 3.57. The van der Waals surface area contributed by atoms with Crippen LogP contribution in [0, 0.1) is 23.7 Å². The van der Waals surface area contributed by atoms with Gasteiger partial charge in [-0.2, -0.15) is 0 Å². The van der Waals surface area contributed by atoms with Crippen molar-refractivity contribution in [1.29, 1.82) is 0 Å². The number of nitrogens with one attached hydrogen (secondary N) is 1. The maximum atomic E-state index is 13.1. The molecule has 2 fully saturated rings. The lowest BCUT2D eigenvalue weighted by molar-refractivity contribution is -0.142. The molecule has 1 saturated heterocycles. The molecule has 2 amide bonds. The van der Waals surface area contributed by atoms with Gasteiger partial charge < -0.3 is 20.1 Å². The summed E-state index contributed by atoms with van der Waals surface area (Å²) in [7, 11) is 0. The van der Waals surface area contributed by atoms with Crippen molar-refractivity contribution < 1.29 is 24.2 Å². The van der Waals surface area contributed by atoms with Gasteiger partial charge in [0.15, 0.2) is 0 Å². The molecule has 35 heavy (non-hydrogen) atoms. The summed E-state index contributed by atoms with van der Waals surface area (Å²) in [4.78, 5) is 38.9. The van der Waals surface area contributed by atoms with Crippen molar-refractivity contribution in [3.05, 3.63) is 59.7 Å². The van der Waals surface area contributed by atoms with Crippen molar-refractivity contribution in [2.24, 2.45) is 23.7 Å². The van der Waals surface area contributed by atoms with Crippen LogP contribution in [0.15, 0.2) is 48.5 Å². The maximum Gasteiger partial charge on any atom is 0.407 e. The predicted octanol–water partition coefficient (Wildman–Crippen LogP) is 4.12. The molecular formula is C28H32N2O5. The second-order valence-corrected chi connectivity index (χ2v) is 10.2. The Morgan fingerprint density at radius 1 is 0.971 bits per heavy atom. The molecule has 5 rings (SSSR count). The molecule has 2 aromatic carbocycles. The van der Waals surface area contributed by atoms with Crippen LogP contribution in [0.5, 0.6) is 0 Å². The lowest BCUT2D eigenvalue weighted by Gasteiger charge is -2.25. The summed E-state index contributed by atoms with van der Waals surface area (Å²) in [5.74, 6) is -1.49. The number of carboxylic acids is 1. The monoisotopic (exact) mass is 476 g/mol. The van der Waals surface area contributed by atoms with Crippen LogP contribution in [-0.4, -0.2) is 54.2 Å². The van der Waals surface area contributed by atoms with Crippen molar-refractivity contribution in [2.75, 3.05) is 26.2 Å². The Kier molecular flexibility index (Phi) is 6.50. The van der Waals surface area contributed by atoms with E-state index in [0.29, 0.717) is 13.1 Å². The number of hydrogen-bond donors (Lipinski definition) is 2. The van der Waals surface area contributed by atoms with Gasteiger partial charge >= 0.3 is 12.1 Å². The quantitative estimate of drug-likeness (QED) is 0.654. The zero-order valence-electron chi connectivity index (χ0n) is 20.0. The van der Waals surface area contributed by atoms with E-state index in [2.05, 4.69) is 29.6 Å². The number of carbonyl (C=O) groups excluding carboxylic acids is 2. The van der Waals surface area contributed by atoms with E-state index < -0.39 is 18.0 Å². The van der Waals surface area contributed by atoms with Crippen LogP contribution < -0.4 is 5.32 Å². The number of carbonyl (C=O) groups is 3. The fourth-order valence-corrected chi connectivity index (χ4v) is 6.17. The van der Waals surface area contributed by atoms with Gasteiger partial charge in [-0.1, -0.05) is 61.9 Å². The van der Waals surface area contributed by atoms with Crippen molar-refractivity contribution in [3.63, 3.8) is 0 Å². The molecule has 3 aliphatic rings. The first kappa shape index (κ1) is 23.4. The minimum atomic E-state index is -0.840. The molecule has 1 heterocycles. The molecule has 2 aliphatic carbocycles. The Morgan fingerprint density at radius 3 is 2.26 bits per heavy atom. The zero-order valence-corrected chi connectivity index (χ0v) is 20.0. The number of likely N-dealkylation sites (tertiary alicyclic amines) is 1. The van der Waals surface area contributed by atoms with Crippen molar-refractivity contribution in [2.45, 2.75) is 32.1 Å². The predicted molar refractivity (Wildman–Crippen MR) is 131 cm³/mol. The normalized spacial score (nSPS) is 25.2. The molecule has 4 atom stereocenters. The number of carboxylic acid groups (broad SMARTS) is 1. The van der Waals surface area contributed by atoms with E-state index in [-0.39, 0.29) is 42.7 Å². The van der Waals surface area contributed by atoms with Gasteiger partial charge in [0.2, 0.25) is 5.91 Å². The Labute approximate surface area is 205 Å². The molecule has 0 bridgehead atoms. The largest absolute Gasteiger partial charge is 0.481 e. The van der Waals surface area contributed by atoms with Gasteiger partial charge in [0.1, 0.15) is 6.61 Å². The fraction of sp³-hybridized carbons (Fsp3) is 0.464. The fourth-order valence-electron chi connectivity index (χ4n) is 6.17. The van der Waals surface area contributed by atoms with Crippen LogP contribution in [-0.2, 0) is 14.3 Å². The SMILES string of the molecule is C[C@@H]1CN(C(=O)[C@H]2CCC[C@H]2CNC(=O)OCC2c3ccccc3-c3ccccc32)C[C@H]1C(=O)O.